The van der Waals surface area contributed by atoms with Gasteiger partial charge in [0.25, 0.3) is 0 Å². The van der Waals surface area contributed by atoms with Crippen molar-refractivity contribution in [2.24, 2.45) is 0 Å². The molecule has 0 radical (unpaired) electrons. The minimum absolute atomic E-state index is 0.0623. The zero-order valence-corrected chi connectivity index (χ0v) is 9.60. The lowest BCUT2D eigenvalue weighted by Gasteiger charge is -2.28. The summed E-state index contributed by atoms with van der Waals surface area (Å²) in [6.45, 7) is 4.85. The first-order valence-electron chi connectivity index (χ1n) is 5.67. The summed E-state index contributed by atoms with van der Waals surface area (Å²) < 4.78 is 0. The number of hydrogen-bond donors (Lipinski definition) is 2. The maximum Gasteiger partial charge on any atom is 0.241 e. The maximum atomic E-state index is 12.1. The molecule has 0 bridgehead atoms. The predicted octanol–water partition coefficient (Wildman–Crippen LogP) is 1.05. The van der Waals surface area contributed by atoms with Gasteiger partial charge in [-0.1, -0.05) is 19.3 Å². The fourth-order valence-electron chi connectivity index (χ4n) is 2.13. The Labute approximate surface area is 92.0 Å². The number of hydrogen-bond acceptors (Lipinski definition) is 2. The summed E-state index contributed by atoms with van der Waals surface area (Å²) in [4.78, 5) is 12.1. The summed E-state index contributed by atoms with van der Waals surface area (Å²) in [6, 6.07) is -0.186. The van der Waals surface area contributed by atoms with Gasteiger partial charge in [-0.05, 0) is 32.7 Å². The van der Waals surface area contributed by atoms with Crippen LogP contribution in [-0.4, -0.2) is 24.0 Å². The molecule has 0 aliphatic carbocycles. The van der Waals surface area contributed by atoms with Crippen LogP contribution in [0.1, 0.15) is 39.5 Å². The van der Waals surface area contributed by atoms with Gasteiger partial charge < -0.3 is 10.6 Å². The van der Waals surface area contributed by atoms with E-state index in [9.17, 15) is 4.79 Å². The van der Waals surface area contributed by atoms with Crippen LogP contribution >= 0.6 is 0 Å². The molecule has 2 unspecified atom stereocenters. The molecule has 0 saturated carbocycles. The van der Waals surface area contributed by atoms with Crippen molar-refractivity contribution < 1.29 is 4.79 Å². The summed E-state index contributed by atoms with van der Waals surface area (Å²) in [5, 5.41) is 6.18. The van der Waals surface area contributed by atoms with E-state index in [2.05, 4.69) is 23.5 Å². The molecule has 0 aromatic carbocycles. The molecule has 2 N–H and O–H groups in total. The lowest BCUT2D eigenvalue weighted by Crippen LogP contribution is -2.55. The number of amides is 1. The number of carbonyl (C=O) groups is 1. The molecule has 1 fully saturated rings. The van der Waals surface area contributed by atoms with Gasteiger partial charge in [-0.15, -0.1) is 6.42 Å². The third-order valence-electron chi connectivity index (χ3n) is 2.95. The number of carbonyl (C=O) groups excluding carboxylic acids is 1. The molecule has 2 atom stereocenters. The molecule has 0 aromatic heterocycles. The van der Waals surface area contributed by atoms with Gasteiger partial charge in [0.15, 0.2) is 0 Å². The zero-order chi connectivity index (χ0) is 11.3. The van der Waals surface area contributed by atoms with Crippen LogP contribution in [0.5, 0.6) is 0 Å². The van der Waals surface area contributed by atoms with Crippen LogP contribution in [-0.2, 0) is 4.79 Å². The van der Waals surface area contributed by atoms with Crippen LogP contribution in [0, 0.1) is 12.3 Å². The van der Waals surface area contributed by atoms with E-state index in [1.165, 1.54) is 0 Å². The second kappa shape index (κ2) is 5.18. The van der Waals surface area contributed by atoms with E-state index in [-0.39, 0.29) is 17.5 Å². The highest BCUT2D eigenvalue weighted by Gasteiger charge is 2.39. The second-order valence-electron chi connectivity index (χ2n) is 4.22. The fraction of sp³-hybridized carbons (Fsp3) is 0.750. The molecule has 84 valence electrons. The van der Waals surface area contributed by atoms with Gasteiger partial charge in [0, 0.05) is 0 Å². The normalized spacial score (nSPS) is 27.0. The monoisotopic (exact) mass is 208 g/mol. The van der Waals surface area contributed by atoms with E-state index < -0.39 is 0 Å². The fourth-order valence-corrected chi connectivity index (χ4v) is 2.13. The summed E-state index contributed by atoms with van der Waals surface area (Å²) in [5.74, 6) is 2.58. The molecule has 0 spiro atoms. The Morgan fingerprint density at radius 2 is 2.47 bits per heavy atom. The topological polar surface area (TPSA) is 41.1 Å². The Balaban J connectivity index is 2.64. The molecule has 1 heterocycles. The average Bonchev–Trinajstić information content (AvgIpc) is 2.68. The van der Waals surface area contributed by atoms with Gasteiger partial charge in [0.1, 0.15) is 0 Å². The SMILES string of the molecule is C#CC(C)NC(=O)C1(CCC)CCCN1. The number of terminal acetylenes is 1. The predicted molar refractivity (Wildman–Crippen MR) is 61.3 cm³/mol. The highest BCUT2D eigenvalue weighted by molar-refractivity contribution is 5.87. The van der Waals surface area contributed by atoms with Crippen LogP contribution in [0.3, 0.4) is 0 Å². The number of nitrogens with one attached hydrogen (secondary N) is 2. The highest BCUT2D eigenvalue weighted by atomic mass is 16.2. The Hall–Kier alpha value is -1.01. The minimum atomic E-state index is -0.361. The summed E-state index contributed by atoms with van der Waals surface area (Å²) in [7, 11) is 0. The molecule has 15 heavy (non-hydrogen) atoms. The molecule has 1 aliphatic heterocycles. The molecule has 1 rings (SSSR count). The first kappa shape index (κ1) is 12.1. The molecular formula is C12H20N2O. The van der Waals surface area contributed by atoms with Crippen molar-refractivity contribution in [3.63, 3.8) is 0 Å². The summed E-state index contributed by atoms with van der Waals surface area (Å²) in [6.07, 6.45) is 9.13. The van der Waals surface area contributed by atoms with Crippen LogP contribution < -0.4 is 10.6 Å². The highest BCUT2D eigenvalue weighted by Crippen LogP contribution is 2.24. The van der Waals surface area contributed by atoms with Crippen LogP contribution in [0.4, 0.5) is 0 Å². The lowest BCUT2D eigenvalue weighted by atomic mass is 9.90. The van der Waals surface area contributed by atoms with Crippen LogP contribution in [0.25, 0.3) is 0 Å². The third kappa shape index (κ3) is 2.73. The Morgan fingerprint density at radius 1 is 1.73 bits per heavy atom. The summed E-state index contributed by atoms with van der Waals surface area (Å²) in [5.41, 5.74) is -0.361. The average molecular weight is 208 g/mol. The van der Waals surface area contributed by atoms with Crippen LogP contribution in [0.2, 0.25) is 0 Å². The van der Waals surface area contributed by atoms with Gasteiger partial charge in [0.05, 0.1) is 11.6 Å². The first-order valence-corrected chi connectivity index (χ1v) is 5.67. The molecule has 3 heteroatoms. The van der Waals surface area contributed by atoms with Crippen molar-refractivity contribution in [3.05, 3.63) is 0 Å². The van der Waals surface area contributed by atoms with E-state index in [0.717, 1.165) is 32.2 Å². The number of rotatable bonds is 4. The van der Waals surface area contributed by atoms with Crippen molar-refractivity contribution in [2.75, 3.05) is 6.54 Å². The van der Waals surface area contributed by atoms with Gasteiger partial charge >= 0.3 is 0 Å². The zero-order valence-electron chi connectivity index (χ0n) is 9.60. The van der Waals surface area contributed by atoms with Crippen molar-refractivity contribution in [1.29, 1.82) is 0 Å². The Morgan fingerprint density at radius 3 is 2.93 bits per heavy atom. The molecule has 1 aliphatic rings. The Bertz CT molecular complexity index is 261. The van der Waals surface area contributed by atoms with Crippen molar-refractivity contribution in [1.82, 2.24) is 10.6 Å². The van der Waals surface area contributed by atoms with E-state index in [0.29, 0.717) is 0 Å². The van der Waals surface area contributed by atoms with Crippen molar-refractivity contribution in [2.45, 2.75) is 51.1 Å². The van der Waals surface area contributed by atoms with Gasteiger partial charge in [-0.25, -0.2) is 0 Å². The van der Waals surface area contributed by atoms with E-state index in [4.69, 9.17) is 6.42 Å². The lowest BCUT2D eigenvalue weighted by molar-refractivity contribution is -0.127. The van der Waals surface area contributed by atoms with Crippen LogP contribution in [0.15, 0.2) is 0 Å². The van der Waals surface area contributed by atoms with Gasteiger partial charge in [-0.3, -0.25) is 4.79 Å². The molecule has 3 nitrogen and oxygen atoms in total. The van der Waals surface area contributed by atoms with E-state index in [1.54, 1.807) is 0 Å². The van der Waals surface area contributed by atoms with Crippen molar-refractivity contribution in [3.8, 4) is 12.3 Å². The van der Waals surface area contributed by atoms with Crippen molar-refractivity contribution >= 4 is 5.91 Å². The molecule has 1 saturated heterocycles. The first-order chi connectivity index (χ1) is 7.14. The molecule has 0 aromatic rings. The molecule has 1 amide bonds. The van der Waals surface area contributed by atoms with Gasteiger partial charge in [0.2, 0.25) is 5.91 Å². The quantitative estimate of drug-likeness (QED) is 0.678. The standard InChI is InChI=1S/C12H20N2O/c1-4-7-12(8-6-9-13-12)11(15)14-10(3)5-2/h2,10,13H,4,6-9H2,1,3H3,(H,14,15). The van der Waals surface area contributed by atoms with E-state index in [1.807, 2.05) is 6.92 Å². The smallest absolute Gasteiger partial charge is 0.241 e. The molecular weight excluding hydrogens is 188 g/mol. The maximum absolute atomic E-state index is 12.1. The van der Waals surface area contributed by atoms with E-state index >= 15 is 0 Å². The summed E-state index contributed by atoms with van der Waals surface area (Å²) >= 11 is 0. The van der Waals surface area contributed by atoms with Gasteiger partial charge in [-0.2, -0.15) is 0 Å². The second-order valence-corrected chi connectivity index (χ2v) is 4.22. The largest absolute Gasteiger partial charge is 0.341 e. The third-order valence-corrected chi connectivity index (χ3v) is 2.95. The Kier molecular flexibility index (Phi) is 4.16. The minimum Gasteiger partial charge on any atom is -0.341 e.